The summed E-state index contributed by atoms with van der Waals surface area (Å²) in [6, 6.07) is 16.7. The summed E-state index contributed by atoms with van der Waals surface area (Å²) in [5.74, 6) is 0.674. The van der Waals surface area contributed by atoms with Crippen LogP contribution in [0.5, 0.6) is 0 Å². The highest BCUT2D eigenvalue weighted by molar-refractivity contribution is 14.0. The van der Waals surface area contributed by atoms with Gasteiger partial charge in [0.25, 0.3) is 0 Å². The van der Waals surface area contributed by atoms with E-state index in [0.717, 1.165) is 38.2 Å². The van der Waals surface area contributed by atoms with Gasteiger partial charge in [-0.15, -0.1) is 24.0 Å². The third-order valence-electron chi connectivity index (χ3n) is 5.56. The maximum Gasteiger partial charge on any atom is 0.243 e. The zero-order chi connectivity index (χ0) is 22.1. The highest BCUT2D eigenvalue weighted by Crippen LogP contribution is 2.14. The van der Waals surface area contributed by atoms with Crippen molar-refractivity contribution in [1.29, 1.82) is 0 Å². The van der Waals surface area contributed by atoms with Crippen LogP contribution in [0.3, 0.4) is 0 Å². The van der Waals surface area contributed by atoms with Crippen LogP contribution in [0.2, 0.25) is 0 Å². The molecule has 1 unspecified atom stereocenters. The van der Waals surface area contributed by atoms with Crippen molar-refractivity contribution >= 4 is 35.8 Å². The molecule has 0 radical (unpaired) electrons. The third-order valence-corrected chi connectivity index (χ3v) is 5.56. The van der Waals surface area contributed by atoms with Gasteiger partial charge in [-0.25, -0.2) is 4.99 Å². The van der Waals surface area contributed by atoms with Crippen molar-refractivity contribution in [3.05, 3.63) is 66.0 Å². The highest BCUT2D eigenvalue weighted by Gasteiger charge is 2.21. The number of aromatic nitrogens is 1. The fraction of sp³-hybridized carbons (Fsp3) is 0.458. The predicted octanol–water partition coefficient (Wildman–Crippen LogP) is 3.05. The van der Waals surface area contributed by atoms with E-state index in [9.17, 15) is 4.79 Å². The van der Waals surface area contributed by atoms with Crippen molar-refractivity contribution in [3.8, 4) is 0 Å². The van der Waals surface area contributed by atoms with Crippen molar-refractivity contribution in [3.63, 3.8) is 0 Å². The van der Waals surface area contributed by atoms with E-state index in [-0.39, 0.29) is 42.5 Å². The predicted molar refractivity (Wildman–Crippen MR) is 140 cm³/mol. The molecule has 2 aromatic rings. The number of nitrogens with zero attached hydrogens (tertiary/aromatic N) is 4. The molecule has 1 aliphatic heterocycles. The number of hydrogen-bond acceptors (Lipinski definition) is 4. The molecule has 1 aromatic heterocycles. The minimum atomic E-state index is -0.0151. The first-order valence-electron chi connectivity index (χ1n) is 11.0. The molecule has 1 aromatic carbocycles. The Hall–Kier alpha value is -2.20. The van der Waals surface area contributed by atoms with E-state index in [1.807, 2.05) is 36.5 Å². The molecule has 0 spiro atoms. The topological polar surface area (TPSA) is 72.9 Å². The molecular weight excluding hydrogens is 515 g/mol. The molecule has 8 heteroatoms. The largest absolute Gasteiger partial charge is 0.354 e. The van der Waals surface area contributed by atoms with Gasteiger partial charge in [0.1, 0.15) is 6.54 Å². The van der Waals surface area contributed by atoms with Gasteiger partial charge < -0.3 is 15.5 Å². The smallest absolute Gasteiger partial charge is 0.243 e. The van der Waals surface area contributed by atoms with Crippen molar-refractivity contribution in [2.75, 3.05) is 33.7 Å². The minimum Gasteiger partial charge on any atom is -0.354 e. The summed E-state index contributed by atoms with van der Waals surface area (Å²) in [7, 11) is 3.50. The molecule has 2 N–H and O–H groups in total. The van der Waals surface area contributed by atoms with Gasteiger partial charge in [0.05, 0.1) is 11.7 Å². The molecule has 2 heterocycles. The molecule has 0 saturated carbocycles. The third kappa shape index (κ3) is 8.38. The van der Waals surface area contributed by atoms with Gasteiger partial charge in [-0.3, -0.25) is 14.7 Å². The van der Waals surface area contributed by atoms with Crippen LogP contribution in [0, 0.1) is 0 Å². The van der Waals surface area contributed by atoms with Crippen molar-refractivity contribution in [2.45, 2.75) is 38.4 Å². The first-order valence-corrected chi connectivity index (χ1v) is 11.0. The van der Waals surface area contributed by atoms with Gasteiger partial charge in [-0.05, 0) is 37.5 Å². The van der Waals surface area contributed by atoms with Crippen LogP contribution in [0.1, 0.15) is 37.1 Å². The summed E-state index contributed by atoms with van der Waals surface area (Å²) in [6.07, 6.45) is 3.89. The van der Waals surface area contributed by atoms with Crippen molar-refractivity contribution < 1.29 is 4.79 Å². The number of carbonyl (C=O) groups excluding carboxylic acids is 1. The number of halogens is 1. The first-order chi connectivity index (χ1) is 15.0. The van der Waals surface area contributed by atoms with Gasteiger partial charge >= 0.3 is 0 Å². The summed E-state index contributed by atoms with van der Waals surface area (Å²) in [5.41, 5.74) is 2.29. The maximum absolute atomic E-state index is 12.1. The number of nitrogens with one attached hydrogen (secondary N) is 2. The van der Waals surface area contributed by atoms with Gasteiger partial charge in [0.2, 0.25) is 5.91 Å². The number of aliphatic imine (C=N–C) groups is 1. The fourth-order valence-corrected chi connectivity index (χ4v) is 3.60. The van der Waals surface area contributed by atoms with E-state index in [1.165, 1.54) is 5.56 Å². The zero-order valence-corrected chi connectivity index (χ0v) is 21.5. The van der Waals surface area contributed by atoms with Crippen LogP contribution < -0.4 is 10.6 Å². The second-order valence-electron chi connectivity index (χ2n) is 8.25. The molecule has 1 aliphatic rings. The zero-order valence-electron chi connectivity index (χ0n) is 19.2. The lowest BCUT2D eigenvalue weighted by Crippen LogP contribution is -2.49. The van der Waals surface area contributed by atoms with Gasteiger partial charge in [-0.1, -0.05) is 36.4 Å². The molecule has 1 amide bonds. The van der Waals surface area contributed by atoms with Crippen LogP contribution in [0.25, 0.3) is 0 Å². The Bertz CT molecular complexity index is 838. The van der Waals surface area contributed by atoms with Gasteiger partial charge in [-0.2, -0.15) is 0 Å². The summed E-state index contributed by atoms with van der Waals surface area (Å²) in [6.45, 7) is 5.13. The second kappa shape index (κ2) is 13.4. The lowest BCUT2D eigenvalue weighted by Gasteiger charge is -2.33. The Morgan fingerprint density at radius 1 is 1.16 bits per heavy atom. The maximum atomic E-state index is 12.1. The number of likely N-dealkylation sites (N-methyl/N-ethyl adjacent to an activating group) is 1. The average Bonchev–Trinajstić information content (AvgIpc) is 2.79. The van der Waals surface area contributed by atoms with Gasteiger partial charge in [0, 0.05) is 46.0 Å². The monoisotopic (exact) mass is 550 g/mol. The van der Waals surface area contributed by atoms with E-state index in [1.54, 1.807) is 19.0 Å². The summed E-state index contributed by atoms with van der Waals surface area (Å²) >= 11 is 0. The molecular formula is C24H35IN6O. The van der Waals surface area contributed by atoms with E-state index in [4.69, 9.17) is 0 Å². The molecule has 174 valence electrons. The number of rotatable bonds is 7. The van der Waals surface area contributed by atoms with E-state index in [2.05, 4.69) is 50.6 Å². The van der Waals surface area contributed by atoms with E-state index in [0.29, 0.717) is 12.0 Å². The number of benzene rings is 1. The molecule has 7 nitrogen and oxygen atoms in total. The minimum absolute atomic E-state index is 0. The molecule has 3 rings (SSSR count). The van der Waals surface area contributed by atoms with Crippen LogP contribution in [0.15, 0.2) is 59.7 Å². The van der Waals surface area contributed by atoms with Crippen molar-refractivity contribution in [1.82, 2.24) is 25.4 Å². The molecule has 32 heavy (non-hydrogen) atoms. The summed E-state index contributed by atoms with van der Waals surface area (Å²) in [5, 5.41) is 7.03. The Labute approximate surface area is 208 Å². The normalized spacial score (nSPS) is 16.0. The SMILES string of the molecule is CC(NC(=NCC(=O)N(C)C)NC1CCN(Cc2ccccn2)CC1)c1ccccc1.I. The fourth-order valence-electron chi connectivity index (χ4n) is 3.60. The quantitative estimate of drug-likeness (QED) is 0.315. The Balaban J connectivity index is 0.00000363. The average molecular weight is 550 g/mol. The molecule has 1 saturated heterocycles. The number of piperidine rings is 1. The number of carbonyl (C=O) groups is 1. The molecule has 0 aliphatic carbocycles. The molecule has 0 bridgehead atoms. The Kier molecular flexibility index (Phi) is 10.9. The number of guanidine groups is 1. The van der Waals surface area contributed by atoms with Crippen LogP contribution >= 0.6 is 24.0 Å². The first kappa shape index (κ1) is 26.1. The standard InChI is InChI=1S/C24H34N6O.HI/c1-19(20-9-5-4-6-10-20)27-24(26-17-23(31)29(2)3)28-21-12-15-30(16-13-21)18-22-11-7-8-14-25-22;/h4-11,14,19,21H,12-13,15-18H2,1-3H3,(H2,26,27,28);1H. The highest BCUT2D eigenvalue weighted by atomic mass is 127. The lowest BCUT2D eigenvalue weighted by atomic mass is 10.0. The Morgan fingerprint density at radius 2 is 1.84 bits per heavy atom. The van der Waals surface area contributed by atoms with Crippen LogP contribution in [0.4, 0.5) is 0 Å². The number of pyridine rings is 1. The number of hydrogen-bond donors (Lipinski definition) is 2. The van der Waals surface area contributed by atoms with Gasteiger partial charge in [0.15, 0.2) is 5.96 Å². The number of likely N-dealkylation sites (tertiary alicyclic amines) is 1. The molecule has 1 atom stereocenters. The second-order valence-corrected chi connectivity index (χ2v) is 8.25. The van der Waals surface area contributed by atoms with E-state index >= 15 is 0 Å². The van der Waals surface area contributed by atoms with E-state index < -0.39 is 0 Å². The molecule has 1 fully saturated rings. The summed E-state index contributed by atoms with van der Waals surface area (Å²) in [4.78, 5) is 25.1. The van der Waals surface area contributed by atoms with Crippen molar-refractivity contribution in [2.24, 2.45) is 4.99 Å². The van der Waals surface area contributed by atoms with Crippen LogP contribution in [-0.2, 0) is 11.3 Å². The van der Waals surface area contributed by atoms with Crippen LogP contribution in [-0.4, -0.2) is 66.4 Å². The summed E-state index contributed by atoms with van der Waals surface area (Å²) < 4.78 is 0. The Morgan fingerprint density at radius 3 is 2.47 bits per heavy atom. The lowest BCUT2D eigenvalue weighted by molar-refractivity contribution is -0.127. The number of amides is 1.